The fourth-order valence-electron chi connectivity index (χ4n) is 2.63. The molecule has 4 aromatic rings. The maximum atomic E-state index is 12.1. The average molecular weight is 390 g/mol. The van der Waals surface area contributed by atoms with Gasteiger partial charge in [-0.15, -0.1) is 20.4 Å². The van der Waals surface area contributed by atoms with E-state index in [1.165, 1.54) is 4.80 Å². The summed E-state index contributed by atoms with van der Waals surface area (Å²) in [5.41, 5.74) is 1.92. The highest BCUT2D eigenvalue weighted by molar-refractivity contribution is 5.90. The monoisotopic (exact) mass is 390 g/mol. The zero-order chi connectivity index (χ0) is 20.2. The fourth-order valence-corrected chi connectivity index (χ4v) is 2.63. The smallest absolute Gasteiger partial charge is 0.338 e. The van der Waals surface area contributed by atoms with Gasteiger partial charge in [0.2, 0.25) is 17.6 Å². The van der Waals surface area contributed by atoms with Gasteiger partial charge in [0.25, 0.3) is 0 Å². The molecule has 9 heteroatoms. The minimum Gasteiger partial charge on any atom is -0.459 e. The van der Waals surface area contributed by atoms with E-state index in [4.69, 9.17) is 9.15 Å². The molecule has 0 unspecified atom stereocenters. The average Bonchev–Trinajstić information content (AvgIpc) is 3.38. The minimum atomic E-state index is -0.395. The predicted octanol–water partition coefficient (Wildman–Crippen LogP) is 3.00. The standard InChI is InChI=1S/C20H18N6O3/c1-13(2)28-20(27)16-10-6-9-15(11-16)18-22-25-26(24-18)12-17-21-23-19(29-17)14-7-4-3-5-8-14/h3-11,13H,12H2,1-2H3. The van der Waals surface area contributed by atoms with Gasteiger partial charge in [-0.2, -0.15) is 4.80 Å². The molecule has 9 nitrogen and oxygen atoms in total. The van der Waals surface area contributed by atoms with Crippen molar-refractivity contribution in [3.8, 4) is 22.8 Å². The number of nitrogens with zero attached hydrogens (tertiary/aromatic N) is 6. The van der Waals surface area contributed by atoms with E-state index in [0.717, 1.165) is 5.56 Å². The second-order valence-corrected chi connectivity index (χ2v) is 6.55. The third-order valence-electron chi connectivity index (χ3n) is 3.92. The third-order valence-corrected chi connectivity index (χ3v) is 3.92. The van der Waals surface area contributed by atoms with Gasteiger partial charge in [-0.3, -0.25) is 0 Å². The number of carbonyl (C=O) groups excluding carboxylic acids is 1. The first-order chi connectivity index (χ1) is 14.1. The van der Waals surface area contributed by atoms with Crippen molar-refractivity contribution in [2.24, 2.45) is 0 Å². The highest BCUT2D eigenvalue weighted by atomic mass is 16.5. The Bertz CT molecular complexity index is 1120. The highest BCUT2D eigenvalue weighted by Gasteiger charge is 2.14. The first-order valence-electron chi connectivity index (χ1n) is 9.05. The summed E-state index contributed by atoms with van der Waals surface area (Å²) in [6, 6.07) is 16.4. The topological polar surface area (TPSA) is 109 Å². The Kier molecular flexibility index (Phi) is 5.10. The molecule has 0 aliphatic rings. The number of tetrazole rings is 1. The molecule has 0 radical (unpaired) electrons. The quantitative estimate of drug-likeness (QED) is 0.462. The molecule has 0 aliphatic heterocycles. The van der Waals surface area contributed by atoms with Crippen LogP contribution < -0.4 is 0 Å². The summed E-state index contributed by atoms with van der Waals surface area (Å²) in [7, 11) is 0. The molecule has 0 bridgehead atoms. The van der Waals surface area contributed by atoms with Crippen LogP contribution in [-0.2, 0) is 11.3 Å². The van der Waals surface area contributed by atoms with Crippen LogP contribution in [0.4, 0.5) is 0 Å². The maximum absolute atomic E-state index is 12.1. The summed E-state index contributed by atoms with van der Waals surface area (Å²) >= 11 is 0. The minimum absolute atomic E-state index is 0.182. The summed E-state index contributed by atoms with van der Waals surface area (Å²) in [5, 5.41) is 20.5. The zero-order valence-electron chi connectivity index (χ0n) is 15.9. The summed E-state index contributed by atoms with van der Waals surface area (Å²) in [5.74, 6) is 0.778. The van der Waals surface area contributed by atoms with Crippen LogP contribution in [0.15, 0.2) is 59.0 Å². The van der Waals surface area contributed by atoms with E-state index in [1.54, 1.807) is 38.1 Å². The molecule has 0 saturated heterocycles. The van der Waals surface area contributed by atoms with Crippen molar-refractivity contribution in [2.45, 2.75) is 26.5 Å². The molecule has 2 aromatic heterocycles. The van der Waals surface area contributed by atoms with Crippen LogP contribution in [-0.4, -0.2) is 42.5 Å². The molecule has 29 heavy (non-hydrogen) atoms. The molecule has 2 aromatic carbocycles. The van der Waals surface area contributed by atoms with Crippen LogP contribution in [0.2, 0.25) is 0 Å². The molecule has 0 aliphatic carbocycles. The second kappa shape index (κ2) is 8.01. The molecule has 0 saturated carbocycles. The van der Waals surface area contributed by atoms with E-state index < -0.39 is 5.97 Å². The lowest BCUT2D eigenvalue weighted by Crippen LogP contribution is -2.11. The molecule has 0 amide bonds. The second-order valence-electron chi connectivity index (χ2n) is 6.55. The molecule has 4 rings (SSSR count). The van der Waals surface area contributed by atoms with Crippen molar-refractivity contribution in [1.29, 1.82) is 0 Å². The Hall–Kier alpha value is -3.88. The van der Waals surface area contributed by atoms with E-state index >= 15 is 0 Å². The lowest BCUT2D eigenvalue weighted by molar-refractivity contribution is 0.0378. The predicted molar refractivity (Wildman–Crippen MR) is 103 cm³/mol. The van der Waals surface area contributed by atoms with Gasteiger partial charge in [0, 0.05) is 11.1 Å². The number of hydrogen-bond acceptors (Lipinski definition) is 8. The number of hydrogen-bond donors (Lipinski definition) is 0. The van der Waals surface area contributed by atoms with Crippen LogP contribution in [0.25, 0.3) is 22.8 Å². The van der Waals surface area contributed by atoms with E-state index in [9.17, 15) is 4.79 Å². The van der Waals surface area contributed by atoms with Crippen LogP contribution in [0.3, 0.4) is 0 Å². The van der Waals surface area contributed by atoms with E-state index in [2.05, 4.69) is 25.6 Å². The van der Waals surface area contributed by atoms with Crippen molar-refractivity contribution in [3.05, 3.63) is 66.1 Å². The molecule has 0 N–H and O–H groups in total. The zero-order valence-corrected chi connectivity index (χ0v) is 15.9. The van der Waals surface area contributed by atoms with Crippen molar-refractivity contribution < 1.29 is 13.9 Å². The molecular formula is C20H18N6O3. The van der Waals surface area contributed by atoms with E-state index in [0.29, 0.717) is 28.7 Å². The van der Waals surface area contributed by atoms with Gasteiger partial charge in [-0.05, 0) is 43.3 Å². The third kappa shape index (κ3) is 4.34. The van der Waals surface area contributed by atoms with Crippen LogP contribution >= 0.6 is 0 Å². The first-order valence-corrected chi connectivity index (χ1v) is 9.05. The number of aromatic nitrogens is 6. The van der Waals surface area contributed by atoms with Crippen LogP contribution in [0, 0.1) is 0 Å². The Balaban J connectivity index is 1.49. The number of rotatable bonds is 6. The molecule has 146 valence electrons. The summed E-state index contributed by atoms with van der Waals surface area (Å²) in [6.45, 7) is 3.78. The summed E-state index contributed by atoms with van der Waals surface area (Å²) < 4.78 is 10.9. The van der Waals surface area contributed by atoms with E-state index in [-0.39, 0.29) is 12.6 Å². The summed E-state index contributed by atoms with van der Waals surface area (Å²) in [6.07, 6.45) is -0.194. The Morgan fingerprint density at radius 1 is 1.03 bits per heavy atom. The molecule has 0 atom stereocenters. The molecule has 0 fully saturated rings. The fraction of sp³-hybridized carbons (Fsp3) is 0.200. The highest BCUT2D eigenvalue weighted by Crippen LogP contribution is 2.19. The van der Waals surface area contributed by atoms with Gasteiger partial charge < -0.3 is 9.15 Å². The van der Waals surface area contributed by atoms with Crippen molar-refractivity contribution >= 4 is 5.97 Å². The van der Waals surface area contributed by atoms with Crippen LogP contribution in [0.1, 0.15) is 30.1 Å². The molecular weight excluding hydrogens is 372 g/mol. The largest absolute Gasteiger partial charge is 0.459 e. The maximum Gasteiger partial charge on any atom is 0.338 e. The number of ether oxygens (including phenoxy) is 1. The first kappa shape index (κ1) is 18.5. The van der Waals surface area contributed by atoms with Gasteiger partial charge in [0.1, 0.15) is 6.54 Å². The SMILES string of the molecule is CC(C)OC(=O)c1cccc(-c2nnn(Cc3nnc(-c4ccccc4)o3)n2)c1. The lowest BCUT2D eigenvalue weighted by Gasteiger charge is -2.08. The Morgan fingerprint density at radius 2 is 1.83 bits per heavy atom. The number of carbonyl (C=O) groups is 1. The molecule has 0 spiro atoms. The number of esters is 1. The van der Waals surface area contributed by atoms with Gasteiger partial charge in [0.05, 0.1) is 11.7 Å². The van der Waals surface area contributed by atoms with Crippen molar-refractivity contribution in [3.63, 3.8) is 0 Å². The molecule has 2 heterocycles. The van der Waals surface area contributed by atoms with Crippen molar-refractivity contribution in [1.82, 2.24) is 30.4 Å². The van der Waals surface area contributed by atoms with Gasteiger partial charge in [0.15, 0.2) is 0 Å². The Labute approximate surface area is 166 Å². The van der Waals surface area contributed by atoms with E-state index in [1.807, 2.05) is 30.3 Å². The number of benzene rings is 2. The van der Waals surface area contributed by atoms with Crippen LogP contribution in [0.5, 0.6) is 0 Å². The van der Waals surface area contributed by atoms with Gasteiger partial charge in [-0.25, -0.2) is 4.79 Å². The lowest BCUT2D eigenvalue weighted by atomic mass is 10.1. The van der Waals surface area contributed by atoms with Crippen molar-refractivity contribution in [2.75, 3.05) is 0 Å². The Morgan fingerprint density at radius 3 is 2.62 bits per heavy atom. The van der Waals surface area contributed by atoms with Gasteiger partial charge >= 0.3 is 5.97 Å². The van der Waals surface area contributed by atoms with Gasteiger partial charge in [-0.1, -0.05) is 30.3 Å². The summed E-state index contributed by atoms with van der Waals surface area (Å²) in [4.78, 5) is 13.5. The normalized spacial score (nSPS) is 11.0.